The summed E-state index contributed by atoms with van der Waals surface area (Å²) in [6.45, 7) is 1.93. The van der Waals surface area contributed by atoms with Crippen LogP contribution in [0.3, 0.4) is 0 Å². The number of nitriles is 1. The van der Waals surface area contributed by atoms with Crippen LogP contribution in [-0.2, 0) is 4.79 Å². The Morgan fingerprint density at radius 1 is 1.26 bits per heavy atom. The van der Waals surface area contributed by atoms with Gasteiger partial charge >= 0.3 is 0 Å². The van der Waals surface area contributed by atoms with Gasteiger partial charge in [-0.1, -0.05) is 6.07 Å². The van der Waals surface area contributed by atoms with E-state index in [0.717, 1.165) is 5.56 Å². The van der Waals surface area contributed by atoms with Crippen molar-refractivity contribution in [2.24, 2.45) is 0 Å². The first-order chi connectivity index (χ1) is 11.1. The van der Waals surface area contributed by atoms with Crippen molar-refractivity contribution >= 4 is 17.4 Å². The average Bonchev–Trinajstić information content (AvgIpc) is 2.58. The number of carbonyl (C=O) groups is 1. The van der Waals surface area contributed by atoms with E-state index >= 15 is 0 Å². The van der Waals surface area contributed by atoms with Crippen LogP contribution in [0.25, 0.3) is 0 Å². The Kier molecular flexibility index (Phi) is 5.31. The van der Waals surface area contributed by atoms with Gasteiger partial charge in [-0.2, -0.15) is 5.26 Å². The van der Waals surface area contributed by atoms with Crippen LogP contribution in [0.4, 0.5) is 11.5 Å². The first-order valence-electron chi connectivity index (χ1n) is 6.87. The molecule has 1 heterocycles. The molecule has 6 nitrogen and oxygen atoms in total. The third-order valence-corrected chi connectivity index (χ3v) is 2.99. The zero-order valence-electron chi connectivity index (χ0n) is 12.8. The average molecular weight is 308 g/mol. The van der Waals surface area contributed by atoms with E-state index in [-0.39, 0.29) is 5.57 Å². The Bertz CT molecular complexity index is 744. The van der Waals surface area contributed by atoms with E-state index < -0.39 is 5.91 Å². The maximum absolute atomic E-state index is 12.1. The number of hydrogen-bond acceptors (Lipinski definition) is 5. The number of carbonyl (C=O) groups excluding carboxylic acids is 1. The van der Waals surface area contributed by atoms with E-state index in [1.807, 2.05) is 19.1 Å². The van der Waals surface area contributed by atoms with Crippen molar-refractivity contribution in [3.8, 4) is 11.8 Å². The second kappa shape index (κ2) is 7.61. The minimum atomic E-state index is -0.503. The number of nitrogens with zero attached hydrogens (tertiary/aromatic N) is 2. The maximum atomic E-state index is 12.1. The fourth-order valence-electron chi connectivity index (χ4n) is 1.72. The topological polar surface area (TPSA) is 87.0 Å². The monoisotopic (exact) mass is 308 g/mol. The number of hydrogen-bond donors (Lipinski definition) is 2. The molecule has 1 aromatic heterocycles. The van der Waals surface area contributed by atoms with Gasteiger partial charge in [0.05, 0.1) is 7.11 Å². The highest BCUT2D eigenvalue weighted by molar-refractivity contribution is 6.06. The standard InChI is InChI=1S/C17H16N4O2/c1-12-3-8-16(19-10-12)20-11-13(9-18)17(22)21-14-4-6-15(23-2)7-5-14/h3-8,10-11H,1-2H3,(H,19,20)(H,21,22)/b13-11-. The molecule has 1 aromatic carbocycles. The second-order valence-corrected chi connectivity index (χ2v) is 4.72. The molecule has 0 spiro atoms. The molecule has 0 atom stereocenters. The lowest BCUT2D eigenvalue weighted by Gasteiger charge is -2.06. The molecule has 23 heavy (non-hydrogen) atoms. The summed E-state index contributed by atoms with van der Waals surface area (Å²) in [7, 11) is 1.56. The summed E-state index contributed by atoms with van der Waals surface area (Å²) < 4.78 is 5.05. The third kappa shape index (κ3) is 4.58. The number of anilines is 2. The van der Waals surface area contributed by atoms with E-state index in [4.69, 9.17) is 10.00 Å². The van der Waals surface area contributed by atoms with Gasteiger partial charge in [0, 0.05) is 18.1 Å². The molecule has 0 aliphatic carbocycles. The molecule has 0 saturated carbocycles. The van der Waals surface area contributed by atoms with Crippen molar-refractivity contribution in [1.29, 1.82) is 5.26 Å². The Hall–Kier alpha value is -3.33. The SMILES string of the molecule is COc1ccc(NC(=O)/C(C#N)=C\Nc2ccc(C)cn2)cc1. The van der Waals surface area contributed by atoms with E-state index in [9.17, 15) is 4.79 Å². The van der Waals surface area contributed by atoms with Gasteiger partial charge < -0.3 is 15.4 Å². The fraction of sp³-hybridized carbons (Fsp3) is 0.118. The second-order valence-electron chi connectivity index (χ2n) is 4.72. The zero-order chi connectivity index (χ0) is 16.7. The van der Waals surface area contributed by atoms with Gasteiger partial charge in [-0.3, -0.25) is 4.79 Å². The van der Waals surface area contributed by atoms with E-state index in [0.29, 0.717) is 17.3 Å². The number of methoxy groups -OCH3 is 1. The lowest BCUT2D eigenvalue weighted by atomic mass is 10.2. The summed E-state index contributed by atoms with van der Waals surface area (Å²) in [4.78, 5) is 16.2. The molecule has 0 bridgehead atoms. The molecule has 0 fully saturated rings. The van der Waals surface area contributed by atoms with E-state index in [1.54, 1.807) is 43.6 Å². The van der Waals surface area contributed by atoms with Crippen LogP contribution in [0.15, 0.2) is 54.4 Å². The normalized spacial score (nSPS) is 10.6. The fourth-order valence-corrected chi connectivity index (χ4v) is 1.72. The molecule has 116 valence electrons. The number of nitrogens with one attached hydrogen (secondary N) is 2. The van der Waals surface area contributed by atoms with Crippen LogP contribution in [-0.4, -0.2) is 18.0 Å². The van der Waals surface area contributed by atoms with Crippen molar-refractivity contribution in [1.82, 2.24) is 4.98 Å². The van der Waals surface area contributed by atoms with Crippen molar-refractivity contribution in [3.05, 3.63) is 59.9 Å². The third-order valence-electron chi connectivity index (χ3n) is 2.99. The predicted octanol–water partition coefficient (Wildman–Crippen LogP) is 2.86. The Balaban J connectivity index is 2.03. The molecule has 0 unspecified atom stereocenters. The van der Waals surface area contributed by atoms with Gasteiger partial charge in [-0.25, -0.2) is 4.98 Å². The summed E-state index contributed by atoms with van der Waals surface area (Å²) in [6.07, 6.45) is 3.02. The van der Waals surface area contributed by atoms with Gasteiger partial charge in [0.15, 0.2) is 0 Å². The highest BCUT2D eigenvalue weighted by Crippen LogP contribution is 2.15. The molecule has 2 rings (SSSR count). The Morgan fingerprint density at radius 2 is 2.00 bits per heavy atom. The van der Waals surface area contributed by atoms with E-state index in [2.05, 4.69) is 15.6 Å². The van der Waals surface area contributed by atoms with Gasteiger partial charge in [-0.15, -0.1) is 0 Å². The molecule has 1 amide bonds. The Morgan fingerprint density at radius 3 is 2.57 bits per heavy atom. The van der Waals surface area contributed by atoms with Crippen molar-refractivity contribution < 1.29 is 9.53 Å². The minimum Gasteiger partial charge on any atom is -0.497 e. The molecule has 2 aromatic rings. The van der Waals surface area contributed by atoms with Crippen LogP contribution in [0.5, 0.6) is 5.75 Å². The molecule has 0 aliphatic heterocycles. The van der Waals surface area contributed by atoms with Crippen molar-refractivity contribution in [2.75, 3.05) is 17.7 Å². The lowest BCUT2D eigenvalue weighted by molar-refractivity contribution is -0.112. The lowest BCUT2D eigenvalue weighted by Crippen LogP contribution is -2.14. The van der Waals surface area contributed by atoms with Crippen LogP contribution < -0.4 is 15.4 Å². The molecule has 0 radical (unpaired) electrons. The first kappa shape index (κ1) is 16.0. The molecule has 0 saturated heterocycles. The molecular weight excluding hydrogens is 292 g/mol. The number of pyridine rings is 1. The summed E-state index contributed by atoms with van der Waals surface area (Å²) in [6, 6.07) is 12.3. The van der Waals surface area contributed by atoms with Crippen LogP contribution in [0.2, 0.25) is 0 Å². The Labute approximate surface area is 134 Å². The number of aryl methyl sites for hydroxylation is 1. The smallest absolute Gasteiger partial charge is 0.267 e. The predicted molar refractivity (Wildman–Crippen MR) is 87.9 cm³/mol. The molecular formula is C17H16N4O2. The molecule has 0 aliphatic rings. The number of aromatic nitrogens is 1. The summed E-state index contributed by atoms with van der Waals surface area (Å²) in [5.74, 6) is 0.740. The first-order valence-corrected chi connectivity index (χ1v) is 6.87. The van der Waals surface area contributed by atoms with Gasteiger partial charge in [0.2, 0.25) is 0 Å². The number of benzene rings is 1. The maximum Gasteiger partial charge on any atom is 0.267 e. The minimum absolute atomic E-state index is 0.0526. The molecule has 2 N–H and O–H groups in total. The quantitative estimate of drug-likeness (QED) is 0.655. The number of rotatable bonds is 5. The van der Waals surface area contributed by atoms with Gasteiger partial charge in [0.25, 0.3) is 5.91 Å². The highest BCUT2D eigenvalue weighted by atomic mass is 16.5. The van der Waals surface area contributed by atoms with Crippen LogP contribution in [0.1, 0.15) is 5.56 Å². The van der Waals surface area contributed by atoms with E-state index in [1.165, 1.54) is 6.20 Å². The summed E-state index contributed by atoms with van der Waals surface area (Å²) >= 11 is 0. The molecule has 6 heteroatoms. The number of ether oxygens (including phenoxy) is 1. The zero-order valence-corrected chi connectivity index (χ0v) is 12.8. The van der Waals surface area contributed by atoms with Crippen molar-refractivity contribution in [2.45, 2.75) is 6.92 Å². The highest BCUT2D eigenvalue weighted by Gasteiger charge is 2.09. The largest absolute Gasteiger partial charge is 0.497 e. The van der Waals surface area contributed by atoms with Gasteiger partial charge in [-0.05, 0) is 42.8 Å². The van der Waals surface area contributed by atoms with Crippen LogP contribution >= 0.6 is 0 Å². The van der Waals surface area contributed by atoms with Crippen molar-refractivity contribution in [3.63, 3.8) is 0 Å². The van der Waals surface area contributed by atoms with Gasteiger partial charge in [0.1, 0.15) is 23.2 Å². The van der Waals surface area contributed by atoms with Crippen LogP contribution in [0, 0.1) is 18.3 Å². The summed E-state index contributed by atoms with van der Waals surface area (Å²) in [5, 5.41) is 14.6. The summed E-state index contributed by atoms with van der Waals surface area (Å²) in [5.41, 5.74) is 1.55. The number of amides is 1.